The topological polar surface area (TPSA) is 67.2 Å². The van der Waals surface area contributed by atoms with Crippen molar-refractivity contribution < 1.29 is 9.90 Å². The lowest BCUT2D eigenvalue weighted by atomic mass is 9.93. The van der Waals surface area contributed by atoms with E-state index in [1.165, 1.54) is 0 Å². The van der Waals surface area contributed by atoms with E-state index in [1.54, 1.807) is 6.20 Å². The number of carboxylic acid groups (broad SMARTS) is 1. The van der Waals surface area contributed by atoms with Crippen LogP contribution in [-0.2, 0) is 11.3 Å². The maximum atomic E-state index is 11.0. The number of nitrogens with one attached hydrogen (secondary N) is 1. The number of aliphatic carboxylic acids is 1. The first-order valence-electron chi connectivity index (χ1n) is 5.19. The summed E-state index contributed by atoms with van der Waals surface area (Å²) in [5, 5.41) is 16.4. The van der Waals surface area contributed by atoms with Crippen molar-refractivity contribution in [1.82, 2.24) is 15.1 Å². The zero-order valence-corrected chi connectivity index (χ0v) is 8.68. The molecule has 1 aliphatic heterocycles. The molecule has 5 nitrogen and oxygen atoms in total. The molecular weight excluding hydrogens is 194 g/mol. The fourth-order valence-corrected chi connectivity index (χ4v) is 2.17. The third-order valence-electron chi connectivity index (χ3n) is 2.96. The van der Waals surface area contributed by atoms with Crippen LogP contribution in [0.5, 0.6) is 0 Å². The van der Waals surface area contributed by atoms with Crippen LogP contribution >= 0.6 is 0 Å². The third kappa shape index (κ3) is 1.74. The van der Waals surface area contributed by atoms with Crippen LogP contribution < -0.4 is 5.32 Å². The molecule has 0 aliphatic carbocycles. The summed E-state index contributed by atoms with van der Waals surface area (Å²) in [6.45, 7) is 4.07. The maximum Gasteiger partial charge on any atom is 0.308 e. The molecule has 2 heterocycles. The molecule has 0 bridgehead atoms. The van der Waals surface area contributed by atoms with E-state index in [0.29, 0.717) is 6.54 Å². The van der Waals surface area contributed by atoms with Crippen molar-refractivity contribution >= 4 is 5.97 Å². The van der Waals surface area contributed by atoms with Crippen molar-refractivity contribution in [2.45, 2.75) is 19.4 Å². The van der Waals surface area contributed by atoms with Crippen molar-refractivity contribution in [3.8, 4) is 0 Å². The molecule has 0 aromatic carbocycles. The van der Waals surface area contributed by atoms with E-state index in [-0.39, 0.29) is 11.8 Å². The Balaban J connectivity index is 2.26. The van der Waals surface area contributed by atoms with Crippen LogP contribution in [0.25, 0.3) is 0 Å². The predicted molar refractivity (Wildman–Crippen MR) is 54.6 cm³/mol. The lowest BCUT2D eigenvalue weighted by Crippen LogP contribution is -2.22. The van der Waals surface area contributed by atoms with Gasteiger partial charge in [0, 0.05) is 37.4 Å². The molecule has 2 atom stereocenters. The Labute approximate surface area is 88.1 Å². The Bertz CT molecular complexity index is 361. The van der Waals surface area contributed by atoms with Crippen LogP contribution in [0.15, 0.2) is 12.3 Å². The Morgan fingerprint density at radius 1 is 1.73 bits per heavy atom. The van der Waals surface area contributed by atoms with Gasteiger partial charge < -0.3 is 10.4 Å². The number of aryl methyl sites for hydroxylation is 1. The van der Waals surface area contributed by atoms with Gasteiger partial charge in [0.05, 0.1) is 5.92 Å². The molecule has 1 aliphatic rings. The minimum absolute atomic E-state index is 0.0462. The largest absolute Gasteiger partial charge is 0.481 e. The highest BCUT2D eigenvalue weighted by molar-refractivity contribution is 5.72. The summed E-state index contributed by atoms with van der Waals surface area (Å²) in [6, 6.07) is 1.91. The van der Waals surface area contributed by atoms with Crippen molar-refractivity contribution in [2.75, 3.05) is 13.1 Å². The van der Waals surface area contributed by atoms with Crippen LogP contribution in [0.2, 0.25) is 0 Å². The molecule has 1 aromatic heterocycles. The minimum atomic E-state index is -0.728. The van der Waals surface area contributed by atoms with E-state index in [2.05, 4.69) is 10.4 Å². The molecule has 2 unspecified atom stereocenters. The van der Waals surface area contributed by atoms with Crippen LogP contribution in [0.1, 0.15) is 18.5 Å². The second-order valence-corrected chi connectivity index (χ2v) is 3.78. The fraction of sp³-hybridized carbons (Fsp3) is 0.600. The number of carbonyl (C=O) groups is 1. The second-order valence-electron chi connectivity index (χ2n) is 3.78. The molecule has 5 heteroatoms. The molecule has 2 N–H and O–H groups in total. The molecule has 0 amide bonds. The first-order valence-corrected chi connectivity index (χ1v) is 5.19. The van der Waals surface area contributed by atoms with Gasteiger partial charge in [-0.05, 0) is 13.0 Å². The number of nitrogens with zero attached hydrogens (tertiary/aromatic N) is 2. The van der Waals surface area contributed by atoms with Crippen LogP contribution in [0.3, 0.4) is 0 Å². The predicted octanol–water partition coefficient (Wildman–Crippen LogP) is 0.291. The van der Waals surface area contributed by atoms with Gasteiger partial charge in [0.25, 0.3) is 0 Å². The van der Waals surface area contributed by atoms with Crippen molar-refractivity contribution in [3.63, 3.8) is 0 Å². The van der Waals surface area contributed by atoms with Gasteiger partial charge in [0.1, 0.15) is 0 Å². The quantitative estimate of drug-likeness (QED) is 0.751. The van der Waals surface area contributed by atoms with Crippen molar-refractivity contribution in [2.24, 2.45) is 5.92 Å². The standard InChI is InChI=1S/C10H15N3O2/c1-2-13-9(3-4-12-13)7-5-11-6-8(7)10(14)15/h3-4,7-8,11H,2,5-6H2,1H3,(H,14,15). The number of hydrogen-bond acceptors (Lipinski definition) is 3. The van der Waals surface area contributed by atoms with Crippen LogP contribution in [0, 0.1) is 5.92 Å². The summed E-state index contributed by atoms with van der Waals surface area (Å²) in [6.07, 6.45) is 1.73. The molecule has 1 aromatic rings. The Morgan fingerprint density at radius 3 is 3.20 bits per heavy atom. The van der Waals surface area contributed by atoms with E-state index in [0.717, 1.165) is 18.8 Å². The lowest BCUT2D eigenvalue weighted by molar-refractivity contribution is -0.141. The minimum Gasteiger partial charge on any atom is -0.481 e. The number of rotatable bonds is 3. The summed E-state index contributed by atoms with van der Waals surface area (Å²) in [5.41, 5.74) is 1.02. The Hall–Kier alpha value is -1.36. The van der Waals surface area contributed by atoms with Gasteiger partial charge in [-0.3, -0.25) is 9.48 Å². The molecule has 2 rings (SSSR count). The molecular formula is C10H15N3O2. The van der Waals surface area contributed by atoms with E-state index < -0.39 is 5.97 Å². The normalized spacial score (nSPS) is 25.7. The monoisotopic (exact) mass is 209 g/mol. The number of aromatic nitrogens is 2. The van der Waals surface area contributed by atoms with Gasteiger partial charge in [0.15, 0.2) is 0 Å². The smallest absolute Gasteiger partial charge is 0.308 e. The van der Waals surface area contributed by atoms with Gasteiger partial charge in [-0.2, -0.15) is 5.10 Å². The van der Waals surface area contributed by atoms with Crippen molar-refractivity contribution in [3.05, 3.63) is 18.0 Å². The average molecular weight is 209 g/mol. The Kier molecular flexibility index (Phi) is 2.73. The van der Waals surface area contributed by atoms with Crippen LogP contribution in [-0.4, -0.2) is 33.9 Å². The zero-order chi connectivity index (χ0) is 10.8. The zero-order valence-electron chi connectivity index (χ0n) is 8.68. The summed E-state index contributed by atoms with van der Waals surface area (Å²) in [5.74, 6) is -1.01. The highest BCUT2D eigenvalue weighted by atomic mass is 16.4. The summed E-state index contributed by atoms with van der Waals surface area (Å²) < 4.78 is 1.87. The molecule has 1 saturated heterocycles. The van der Waals surface area contributed by atoms with Gasteiger partial charge >= 0.3 is 5.97 Å². The van der Waals surface area contributed by atoms with Gasteiger partial charge in [0.2, 0.25) is 0 Å². The average Bonchev–Trinajstić information content (AvgIpc) is 2.85. The molecule has 82 valence electrons. The van der Waals surface area contributed by atoms with E-state index >= 15 is 0 Å². The molecule has 15 heavy (non-hydrogen) atoms. The van der Waals surface area contributed by atoms with Crippen molar-refractivity contribution in [1.29, 1.82) is 0 Å². The van der Waals surface area contributed by atoms with Crippen LogP contribution in [0.4, 0.5) is 0 Å². The van der Waals surface area contributed by atoms with Gasteiger partial charge in [-0.1, -0.05) is 0 Å². The summed E-state index contributed by atoms with van der Waals surface area (Å²) >= 11 is 0. The fourth-order valence-electron chi connectivity index (χ4n) is 2.17. The molecule has 0 radical (unpaired) electrons. The molecule has 0 saturated carbocycles. The van der Waals surface area contributed by atoms with E-state index in [4.69, 9.17) is 5.11 Å². The summed E-state index contributed by atoms with van der Waals surface area (Å²) in [7, 11) is 0. The first kappa shape index (κ1) is 10.2. The lowest BCUT2D eigenvalue weighted by Gasteiger charge is -2.15. The van der Waals surface area contributed by atoms with E-state index in [9.17, 15) is 4.79 Å². The van der Waals surface area contributed by atoms with Gasteiger partial charge in [-0.15, -0.1) is 0 Å². The highest BCUT2D eigenvalue weighted by Crippen LogP contribution is 2.27. The number of hydrogen-bond donors (Lipinski definition) is 2. The first-order chi connectivity index (χ1) is 7.24. The van der Waals surface area contributed by atoms with Gasteiger partial charge in [-0.25, -0.2) is 0 Å². The SMILES string of the molecule is CCn1nccc1C1CNCC1C(=O)O. The Morgan fingerprint density at radius 2 is 2.53 bits per heavy atom. The van der Waals surface area contributed by atoms with E-state index in [1.807, 2.05) is 17.7 Å². The molecule has 1 fully saturated rings. The number of carboxylic acids is 1. The second kappa shape index (κ2) is 4.02. The molecule has 0 spiro atoms. The third-order valence-corrected chi connectivity index (χ3v) is 2.96. The highest BCUT2D eigenvalue weighted by Gasteiger charge is 2.35. The maximum absolute atomic E-state index is 11.0. The summed E-state index contributed by atoms with van der Waals surface area (Å²) in [4.78, 5) is 11.0.